The molecule has 6 rings (SSSR count). The summed E-state index contributed by atoms with van der Waals surface area (Å²) >= 11 is 6.75. The number of carbonyl (C=O) groups is 1. The minimum absolute atomic E-state index is 0.131. The molecular weight excluding hydrogens is 578 g/mol. The minimum atomic E-state index is -0.326. The molecule has 3 aliphatic rings. The summed E-state index contributed by atoms with van der Waals surface area (Å²) in [5, 5.41) is 16.6. The van der Waals surface area contributed by atoms with Crippen LogP contribution in [0.25, 0.3) is 10.9 Å². The molecule has 9 nitrogen and oxygen atoms in total. The Morgan fingerprint density at radius 1 is 1.25 bits per heavy atom. The second kappa shape index (κ2) is 14.1. The number of nitrogens with zero attached hydrogens (tertiary/aromatic N) is 3. The molecule has 2 aromatic carbocycles. The first-order chi connectivity index (χ1) is 21.6. The molecule has 44 heavy (non-hydrogen) atoms. The Kier molecular flexibility index (Phi) is 9.64. The van der Waals surface area contributed by atoms with Crippen LogP contribution in [0.1, 0.15) is 36.8 Å². The molecule has 0 spiro atoms. The number of anilines is 1. The summed E-state index contributed by atoms with van der Waals surface area (Å²) in [7, 11) is 0. The number of benzene rings is 2. The summed E-state index contributed by atoms with van der Waals surface area (Å²) in [6, 6.07) is 15.8. The number of aromatic nitrogens is 1. The maximum atomic E-state index is 13.1. The van der Waals surface area contributed by atoms with Crippen LogP contribution >= 0.6 is 11.6 Å². The maximum absolute atomic E-state index is 13.1. The van der Waals surface area contributed by atoms with Gasteiger partial charge < -0.3 is 24.8 Å². The summed E-state index contributed by atoms with van der Waals surface area (Å²) in [6.07, 6.45) is 9.47. The number of aliphatic imine (C=N–C) groups is 1. The fourth-order valence-corrected chi connectivity index (χ4v) is 5.81. The number of pyridine rings is 1. The lowest BCUT2D eigenvalue weighted by Crippen LogP contribution is -2.28. The number of hydrogen-bond acceptors (Lipinski definition) is 8. The van der Waals surface area contributed by atoms with Gasteiger partial charge in [-0.05, 0) is 43.6 Å². The van der Waals surface area contributed by atoms with Crippen LogP contribution in [0.5, 0.6) is 5.75 Å². The first-order valence-electron chi connectivity index (χ1n) is 14.9. The Hall–Kier alpha value is -4.07. The van der Waals surface area contributed by atoms with Gasteiger partial charge in [0.15, 0.2) is 0 Å². The molecule has 0 saturated carbocycles. The molecule has 10 heteroatoms. The normalized spacial score (nSPS) is 22.6. The third kappa shape index (κ3) is 7.34. The third-order valence-electron chi connectivity index (χ3n) is 7.86. The number of carbonyl (C=O) groups excluding carboxylic acids is 1. The smallest absolute Gasteiger partial charge is 0.248 e. The van der Waals surface area contributed by atoms with Crippen LogP contribution in [0.3, 0.4) is 0 Å². The van der Waals surface area contributed by atoms with Crippen LogP contribution in [0, 0.1) is 11.3 Å². The van der Waals surface area contributed by atoms with E-state index >= 15 is 0 Å². The SMILES string of the molecule is N#Cc1cnc2cc(OC3CCOC3)c(NC(=O)C=C3CCNCC3)cc2c1N=C1C=CC(OCc2ccccc2)C(Cl)C1. The molecule has 3 atom stereocenters. The van der Waals surface area contributed by atoms with Gasteiger partial charge in [-0.15, -0.1) is 11.6 Å². The average molecular weight is 612 g/mol. The number of allylic oxidation sites excluding steroid dienone is 1. The summed E-state index contributed by atoms with van der Waals surface area (Å²) in [4.78, 5) is 22.6. The van der Waals surface area contributed by atoms with E-state index in [-0.39, 0.29) is 23.5 Å². The van der Waals surface area contributed by atoms with Gasteiger partial charge in [-0.25, -0.2) is 0 Å². The van der Waals surface area contributed by atoms with Gasteiger partial charge in [-0.1, -0.05) is 42.0 Å². The molecule has 0 bridgehead atoms. The van der Waals surface area contributed by atoms with Gasteiger partial charge in [0.1, 0.15) is 17.9 Å². The second-order valence-corrected chi connectivity index (χ2v) is 11.6. The molecule has 3 heterocycles. The summed E-state index contributed by atoms with van der Waals surface area (Å²) < 4.78 is 17.8. The number of nitrogens with one attached hydrogen (secondary N) is 2. The molecule has 1 amide bonds. The molecule has 2 aliphatic heterocycles. The molecule has 2 N–H and O–H groups in total. The first-order valence-corrected chi connectivity index (χ1v) is 15.4. The Morgan fingerprint density at radius 3 is 2.84 bits per heavy atom. The van der Waals surface area contributed by atoms with E-state index in [4.69, 9.17) is 30.8 Å². The van der Waals surface area contributed by atoms with Crippen molar-refractivity contribution in [1.82, 2.24) is 10.3 Å². The van der Waals surface area contributed by atoms with Gasteiger partial charge in [0.25, 0.3) is 0 Å². The number of nitriles is 1. The van der Waals surface area contributed by atoms with Gasteiger partial charge in [0.2, 0.25) is 5.91 Å². The van der Waals surface area contributed by atoms with E-state index in [0.29, 0.717) is 59.8 Å². The number of rotatable bonds is 8. The van der Waals surface area contributed by atoms with Crippen LogP contribution in [0.2, 0.25) is 0 Å². The number of ether oxygens (including phenoxy) is 3. The van der Waals surface area contributed by atoms with Gasteiger partial charge in [-0.2, -0.15) is 5.26 Å². The van der Waals surface area contributed by atoms with E-state index in [9.17, 15) is 10.1 Å². The largest absolute Gasteiger partial charge is 0.486 e. The molecule has 2 fully saturated rings. The zero-order valence-corrected chi connectivity index (χ0v) is 25.1. The van der Waals surface area contributed by atoms with Crippen molar-refractivity contribution in [3.05, 3.63) is 83.6 Å². The summed E-state index contributed by atoms with van der Waals surface area (Å²) in [5.41, 5.74) is 4.76. The lowest BCUT2D eigenvalue weighted by atomic mass is 10.0. The third-order valence-corrected chi connectivity index (χ3v) is 8.26. The van der Waals surface area contributed by atoms with E-state index < -0.39 is 0 Å². The van der Waals surface area contributed by atoms with Gasteiger partial charge in [0, 0.05) is 42.3 Å². The standard InChI is InChI=1S/C34H34ClN5O4/c35-28-15-25(6-7-31(28)43-20-23-4-2-1-3-5-23)39-34-24(18-36)19-38-29-17-32(44-26-10-13-42-21-26)30(16-27(29)34)40-33(41)14-22-8-11-37-12-9-22/h1-7,14,16-17,19,26,28,31,37H,8-13,15,20-21H2,(H,40,41). The topological polar surface area (TPSA) is 118 Å². The Labute approximate surface area is 261 Å². The number of amides is 1. The zero-order valence-electron chi connectivity index (χ0n) is 24.3. The summed E-state index contributed by atoms with van der Waals surface area (Å²) in [5.74, 6) is 0.269. The lowest BCUT2D eigenvalue weighted by molar-refractivity contribution is -0.112. The number of fused-ring (bicyclic) bond motifs is 1. The quantitative estimate of drug-likeness (QED) is 0.246. The lowest BCUT2D eigenvalue weighted by Gasteiger charge is -2.24. The molecule has 2 saturated heterocycles. The highest BCUT2D eigenvalue weighted by Gasteiger charge is 2.25. The van der Waals surface area contributed by atoms with E-state index in [1.807, 2.05) is 42.5 Å². The van der Waals surface area contributed by atoms with Crippen molar-refractivity contribution in [1.29, 1.82) is 5.26 Å². The average Bonchev–Trinajstić information content (AvgIpc) is 3.55. The number of hydrogen-bond donors (Lipinski definition) is 2. The predicted octanol–water partition coefficient (Wildman–Crippen LogP) is 5.75. The van der Waals surface area contributed by atoms with Crippen LogP contribution in [-0.4, -0.2) is 60.5 Å². The van der Waals surface area contributed by atoms with E-state index in [1.54, 1.807) is 18.2 Å². The van der Waals surface area contributed by atoms with Crippen molar-refractivity contribution in [3.8, 4) is 11.8 Å². The molecule has 1 aromatic heterocycles. The van der Waals surface area contributed by atoms with E-state index in [0.717, 1.165) is 49.2 Å². The van der Waals surface area contributed by atoms with Crippen molar-refractivity contribution in [2.24, 2.45) is 4.99 Å². The van der Waals surface area contributed by atoms with E-state index in [2.05, 4.69) is 21.7 Å². The minimum Gasteiger partial charge on any atom is -0.486 e. The van der Waals surface area contributed by atoms with Gasteiger partial charge in [-0.3, -0.25) is 14.8 Å². The number of alkyl halides is 1. The fourth-order valence-electron chi connectivity index (χ4n) is 5.50. The molecule has 3 unspecified atom stereocenters. The van der Waals surface area contributed by atoms with Crippen molar-refractivity contribution in [3.63, 3.8) is 0 Å². The first kappa shape index (κ1) is 30.0. The van der Waals surface area contributed by atoms with Crippen LogP contribution in [-0.2, 0) is 20.9 Å². The molecular formula is C34H34ClN5O4. The molecule has 226 valence electrons. The highest BCUT2D eigenvalue weighted by atomic mass is 35.5. The van der Waals surface area contributed by atoms with Crippen molar-refractivity contribution < 1.29 is 19.0 Å². The van der Waals surface area contributed by atoms with Crippen LogP contribution in [0.15, 0.2) is 77.5 Å². The fraction of sp³-hybridized carbons (Fsp3) is 0.353. The monoisotopic (exact) mass is 611 g/mol. The molecule has 0 radical (unpaired) electrons. The Balaban J connectivity index is 1.31. The van der Waals surface area contributed by atoms with E-state index in [1.165, 1.54) is 6.20 Å². The van der Waals surface area contributed by atoms with Crippen molar-refractivity contribution in [2.45, 2.75) is 49.9 Å². The number of piperidine rings is 1. The predicted molar refractivity (Wildman–Crippen MR) is 171 cm³/mol. The molecule has 3 aromatic rings. The maximum Gasteiger partial charge on any atom is 0.248 e. The number of halogens is 1. The van der Waals surface area contributed by atoms with Crippen LogP contribution in [0.4, 0.5) is 11.4 Å². The molecule has 1 aliphatic carbocycles. The van der Waals surface area contributed by atoms with Crippen LogP contribution < -0.4 is 15.4 Å². The highest BCUT2D eigenvalue weighted by Crippen LogP contribution is 2.38. The van der Waals surface area contributed by atoms with Crippen molar-refractivity contribution in [2.75, 3.05) is 31.6 Å². The Bertz CT molecular complexity index is 1630. The Morgan fingerprint density at radius 2 is 2.09 bits per heavy atom. The second-order valence-electron chi connectivity index (χ2n) is 11.1. The van der Waals surface area contributed by atoms with Crippen molar-refractivity contribution >= 4 is 45.5 Å². The zero-order chi connectivity index (χ0) is 30.3. The highest BCUT2D eigenvalue weighted by molar-refractivity contribution is 6.23. The summed E-state index contributed by atoms with van der Waals surface area (Å²) in [6.45, 7) is 3.27. The van der Waals surface area contributed by atoms with Gasteiger partial charge >= 0.3 is 0 Å². The van der Waals surface area contributed by atoms with Gasteiger partial charge in [0.05, 0.1) is 53.8 Å².